The Labute approximate surface area is 355 Å². The van der Waals surface area contributed by atoms with E-state index in [-0.39, 0.29) is 25.4 Å². The molecule has 0 fully saturated rings. The summed E-state index contributed by atoms with van der Waals surface area (Å²) in [5.41, 5.74) is 2.42. The number of aliphatic hydroxyl groups is 4. The highest BCUT2D eigenvalue weighted by Gasteiger charge is 2.41. The van der Waals surface area contributed by atoms with E-state index in [9.17, 15) is 30.0 Å². The standard InChI is InChI=1S/C46H69N5O9/c1-10-41-35(28-52)23-29(3)19-20-39(54)30(4)24-34(21-22-50(9)26-36-27-51(48-47-36)38-18-14-16-33-15-12-13-17-37(33)38)45(31(5)40(55)25-42(56)59-41)60-46(58-11-2)44(57)43(32(6)53)49(7)8/h12-20,23,27,30-32,34-35,40-41,43-46,52-53,55,57H,10-11,21-22,24-26,28H2,1-9H3/b20-19+,29-23+/t30-,31+,32-,34+,35-,40-,41-,43?,44?,45-,46+/m1/s1. The summed E-state index contributed by atoms with van der Waals surface area (Å²) in [6.45, 7) is 11.6. The van der Waals surface area contributed by atoms with Gasteiger partial charge >= 0.3 is 5.97 Å². The summed E-state index contributed by atoms with van der Waals surface area (Å²) in [6, 6.07) is 13.4. The molecule has 2 unspecified atom stereocenters. The lowest BCUT2D eigenvalue weighted by Gasteiger charge is -2.41. The lowest BCUT2D eigenvalue weighted by Crippen LogP contribution is -2.55. The fraction of sp³-hybridized carbons (Fsp3) is 0.609. The first-order chi connectivity index (χ1) is 28.6. The zero-order chi connectivity index (χ0) is 44.1. The molecule has 0 aliphatic carbocycles. The molecule has 3 aromatic rings. The van der Waals surface area contributed by atoms with Crippen LogP contribution in [0.15, 0.2) is 72.5 Å². The number of carbonyl (C=O) groups excluding carboxylic acids is 2. The van der Waals surface area contributed by atoms with Crippen LogP contribution in [0.1, 0.15) is 72.9 Å². The summed E-state index contributed by atoms with van der Waals surface area (Å²) in [4.78, 5) is 31.0. The number of esters is 1. The number of rotatable bonds is 16. The van der Waals surface area contributed by atoms with E-state index in [0.717, 1.165) is 27.7 Å². The Morgan fingerprint density at radius 1 is 1.03 bits per heavy atom. The van der Waals surface area contributed by atoms with Gasteiger partial charge in [-0.15, -0.1) is 5.10 Å². The molecule has 60 heavy (non-hydrogen) atoms. The summed E-state index contributed by atoms with van der Waals surface area (Å²) in [6.07, 6.45) is 1.69. The normalized spacial score (nSPS) is 27.3. The van der Waals surface area contributed by atoms with Gasteiger partial charge in [-0.25, -0.2) is 4.68 Å². The van der Waals surface area contributed by atoms with E-state index in [0.29, 0.717) is 32.4 Å². The Hall–Kier alpha value is -3.86. The van der Waals surface area contributed by atoms with Crippen LogP contribution in [-0.4, -0.2) is 141 Å². The third-order valence-corrected chi connectivity index (χ3v) is 11.7. The number of ketones is 1. The summed E-state index contributed by atoms with van der Waals surface area (Å²) in [5.74, 6) is -2.81. The molecular formula is C46H69N5O9. The van der Waals surface area contributed by atoms with E-state index in [1.54, 1.807) is 56.6 Å². The Balaban J connectivity index is 1.70. The minimum Gasteiger partial charge on any atom is -0.462 e. The Morgan fingerprint density at radius 3 is 2.42 bits per heavy atom. The SMILES string of the molecule is CCO[C@@H](O[C@H]1[C@@H](CCN(C)Cc2cn(-c3cccc4ccccc34)nn2)C[C@@H](C)C(=O)/C=C/C(C)=C/[C@H](CO)[C@@H](CC)OC(=O)C[C@@H](O)[C@@H]1C)C(O)C([C@@H](C)O)N(C)C. The monoisotopic (exact) mass is 836 g/mol. The van der Waals surface area contributed by atoms with Crippen molar-refractivity contribution in [3.63, 3.8) is 0 Å². The predicted octanol–water partition coefficient (Wildman–Crippen LogP) is 4.71. The van der Waals surface area contributed by atoms with Crippen LogP contribution in [0.5, 0.6) is 0 Å². The molecular weight excluding hydrogens is 767 g/mol. The zero-order valence-corrected chi connectivity index (χ0v) is 36.9. The average molecular weight is 836 g/mol. The molecule has 0 saturated heterocycles. The van der Waals surface area contributed by atoms with Crippen molar-refractivity contribution >= 4 is 22.5 Å². The van der Waals surface area contributed by atoms with E-state index >= 15 is 0 Å². The number of nitrogens with zero attached hydrogens (tertiary/aromatic N) is 5. The molecule has 1 aliphatic rings. The second kappa shape index (κ2) is 23.4. The number of fused-ring (bicyclic) bond motifs is 1. The highest BCUT2D eigenvalue weighted by atomic mass is 16.7. The van der Waals surface area contributed by atoms with Crippen molar-refractivity contribution in [3.8, 4) is 5.69 Å². The summed E-state index contributed by atoms with van der Waals surface area (Å²) in [5, 5.41) is 55.5. The topological polar surface area (TPSA) is 180 Å². The van der Waals surface area contributed by atoms with Gasteiger partial charge in [0.1, 0.15) is 12.2 Å². The Kier molecular flexibility index (Phi) is 19.0. The van der Waals surface area contributed by atoms with Crippen molar-refractivity contribution in [1.29, 1.82) is 0 Å². The molecule has 2 heterocycles. The number of cyclic esters (lactones) is 1. The van der Waals surface area contributed by atoms with Crippen LogP contribution < -0.4 is 0 Å². The van der Waals surface area contributed by atoms with Gasteiger partial charge in [0, 0.05) is 36.3 Å². The van der Waals surface area contributed by atoms with Crippen molar-refractivity contribution in [3.05, 3.63) is 78.2 Å². The van der Waals surface area contributed by atoms with E-state index in [4.69, 9.17) is 14.2 Å². The van der Waals surface area contributed by atoms with Gasteiger partial charge in [0.2, 0.25) is 0 Å². The van der Waals surface area contributed by atoms with Crippen molar-refractivity contribution in [2.24, 2.45) is 23.7 Å². The molecule has 0 radical (unpaired) electrons. The highest BCUT2D eigenvalue weighted by molar-refractivity contribution is 5.92. The van der Waals surface area contributed by atoms with E-state index in [1.165, 1.54) is 6.08 Å². The maximum Gasteiger partial charge on any atom is 0.308 e. The molecule has 4 N–H and O–H groups in total. The van der Waals surface area contributed by atoms with Gasteiger partial charge < -0.3 is 44.4 Å². The van der Waals surface area contributed by atoms with E-state index in [2.05, 4.69) is 33.4 Å². The molecule has 14 heteroatoms. The molecule has 1 aliphatic heterocycles. The van der Waals surface area contributed by atoms with Crippen LogP contribution in [0.2, 0.25) is 0 Å². The minimum absolute atomic E-state index is 0.104. The number of ether oxygens (including phenoxy) is 3. The van der Waals surface area contributed by atoms with Gasteiger partial charge in [0.25, 0.3) is 0 Å². The number of aromatic nitrogens is 3. The lowest BCUT2D eigenvalue weighted by atomic mass is 9.79. The van der Waals surface area contributed by atoms with Crippen LogP contribution in [0.3, 0.4) is 0 Å². The number of carbonyl (C=O) groups is 2. The molecule has 4 rings (SSSR count). The van der Waals surface area contributed by atoms with Crippen molar-refractivity contribution < 1.29 is 44.2 Å². The van der Waals surface area contributed by atoms with E-state index < -0.39 is 72.5 Å². The smallest absolute Gasteiger partial charge is 0.308 e. The maximum absolute atomic E-state index is 13.8. The molecule has 0 saturated carbocycles. The van der Waals surface area contributed by atoms with E-state index in [1.807, 2.05) is 58.3 Å². The second-order valence-corrected chi connectivity index (χ2v) is 16.7. The maximum atomic E-state index is 13.8. The van der Waals surface area contributed by atoms with Gasteiger partial charge in [-0.3, -0.25) is 9.59 Å². The minimum atomic E-state index is -1.31. The quantitative estimate of drug-likeness (QED) is 0.115. The molecule has 0 spiro atoms. The summed E-state index contributed by atoms with van der Waals surface area (Å²) < 4.78 is 20.5. The van der Waals surface area contributed by atoms with Gasteiger partial charge in [-0.05, 0) is 91.2 Å². The van der Waals surface area contributed by atoms with Crippen LogP contribution in [-0.2, 0) is 30.3 Å². The molecule has 14 nitrogen and oxygen atoms in total. The Bertz CT molecular complexity index is 1850. The Morgan fingerprint density at radius 2 is 1.75 bits per heavy atom. The number of hydrogen-bond donors (Lipinski definition) is 4. The number of allylic oxidation sites excluding steroid dienone is 3. The van der Waals surface area contributed by atoms with Gasteiger partial charge in [0.05, 0.1) is 55.0 Å². The summed E-state index contributed by atoms with van der Waals surface area (Å²) >= 11 is 0. The number of benzene rings is 2. The van der Waals surface area contributed by atoms with Crippen LogP contribution >= 0.6 is 0 Å². The van der Waals surface area contributed by atoms with Crippen molar-refractivity contribution in [2.45, 2.75) is 117 Å². The van der Waals surface area contributed by atoms with Crippen LogP contribution in [0.25, 0.3) is 16.5 Å². The predicted molar refractivity (Wildman–Crippen MR) is 231 cm³/mol. The third-order valence-electron chi connectivity index (χ3n) is 11.7. The third kappa shape index (κ3) is 13.3. The second-order valence-electron chi connectivity index (χ2n) is 16.7. The van der Waals surface area contributed by atoms with Gasteiger partial charge in [-0.2, -0.15) is 0 Å². The molecule has 0 amide bonds. The zero-order valence-electron chi connectivity index (χ0n) is 36.9. The molecule has 11 atom stereocenters. The first-order valence-corrected chi connectivity index (χ1v) is 21.3. The first kappa shape index (κ1) is 48.8. The van der Waals surface area contributed by atoms with Gasteiger partial charge in [0.15, 0.2) is 12.1 Å². The molecule has 2 aromatic carbocycles. The summed E-state index contributed by atoms with van der Waals surface area (Å²) in [7, 11) is 5.47. The van der Waals surface area contributed by atoms with Crippen LogP contribution in [0, 0.1) is 23.7 Å². The highest BCUT2D eigenvalue weighted by Crippen LogP contribution is 2.33. The molecule has 332 valence electrons. The van der Waals surface area contributed by atoms with Gasteiger partial charge in [-0.1, -0.05) is 80.1 Å². The largest absolute Gasteiger partial charge is 0.462 e. The fourth-order valence-corrected chi connectivity index (χ4v) is 8.32. The van der Waals surface area contributed by atoms with Crippen molar-refractivity contribution in [1.82, 2.24) is 24.8 Å². The number of likely N-dealkylation sites (N-methyl/N-ethyl adjacent to an activating group) is 1. The molecule has 1 aromatic heterocycles. The number of aliphatic hydroxyl groups excluding tert-OH is 4. The average Bonchev–Trinajstić information content (AvgIpc) is 3.68. The fourth-order valence-electron chi connectivity index (χ4n) is 8.32. The number of hydrogen-bond acceptors (Lipinski definition) is 13. The van der Waals surface area contributed by atoms with Crippen LogP contribution in [0.4, 0.5) is 0 Å². The van der Waals surface area contributed by atoms with Crippen molar-refractivity contribution in [2.75, 3.05) is 40.9 Å². The molecule has 0 bridgehead atoms. The lowest BCUT2D eigenvalue weighted by molar-refractivity contribution is -0.251. The first-order valence-electron chi connectivity index (χ1n) is 21.3.